The van der Waals surface area contributed by atoms with Crippen molar-refractivity contribution in [2.24, 2.45) is 0 Å². The number of hydrogen-bond acceptors (Lipinski definition) is 3. The van der Waals surface area contributed by atoms with Gasteiger partial charge in [-0.3, -0.25) is 9.59 Å². The molecule has 5 heteroatoms. The molecule has 0 bridgehead atoms. The molecule has 2 heterocycles. The van der Waals surface area contributed by atoms with E-state index in [-0.39, 0.29) is 11.8 Å². The summed E-state index contributed by atoms with van der Waals surface area (Å²) in [5.41, 5.74) is 7.64. The normalized spacial score (nSPS) is 14.7. The van der Waals surface area contributed by atoms with Gasteiger partial charge in [0.15, 0.2) is 0 Å². The maximum Gasteiger partial charge on any atom is 0.256 e. The molecule has 190 valence electrons. The molecular weight excluding hydrogens is 470 g/mol. The van der Waals surface area contributed by atoms with Crippen LogP contribution in [0.25, 0.3) is 11.1 Å². The van der Waals surface area contributed by atoms with Gasteiger partial charge >= 0.3 is 0 Å². The van der Waals surface area contributed by atoms with Crippen LogP contribution in [0, 0.1) is 0 Å². The lowest BCUT2D eigenvalue weighted by molar-refractivity contribution is 0.0793. The van der Waals surface area contributed by atoms with E-state index < -0.39 is 0 Å². The molecule has 0 radical (unpaired) electrons. The Kier molecular flexibility index (Phi) is 6.65. The maximum absolute atomic E-state index is 13.6. The molecule has 0 spiro atoms. The van der Waals surface area contributed by atoms with E-state index in [0.717, 1.165) is 62.3 Å². The second-order valence-corrected chi connectivity index (χ2v) is 10.1. The number of fused-ring (bicyclic) bond motifs is 1. The first-order chi connectivity index (χ1) is 18.7. The summed E-state index contributed by atoms with van der Waals surface area (Å²) in [6.07, 6.45) is 3.02. The van der Waals surface area contributed by atoms with E-state index in [1.807, 2.05) is 65.6 Å². The third kappa shape index (κ3) is 4.92. The predicted molar refractivity (Wildman–Crippen MR) is 153 cm³/mol. The van der Waals surface area contributed by atoms with Crippen molar-refractivity contribution < 1.29 is 9.59 Å². The highest BCUT2D eigenvalue weighted by atomic mass is 16.2. The van der Waals surface area contributed by atoms with Gasteiger partial charge in [0.25, 0.3) is 11.8 Å². The van der Waals surface area contributed by atoms with Crippen LogP contribution in [0.1, 0.15) is 44.7 Å². The molecule has 0 aromatic heterocycles. The second kappa shape index (κ2) is 10.5. The van der Waals surface area contributed by atoms with Crippen LogP contribution in [-0.4, -0.2) is 36.3 Å². The van der Waals surface area contributed by atoms with Crippen LogP contribution in [-0.2, 0) is 13.0 Å². The zero-order chi connectivity index (χ0) is 25.9. The predicted octanol–water partition coefficient (Wildman–Crippen LogP) is 6.40. The Morgan fingerprint density at radius 3 is 2.13 bits per heavy atom. The van der Waals surface area contributed by atoms with Gasteiger partial charge in [-0.2, -0.15) is 0 Å². The number of carbonyl (C=O) groups is 2. The monoisotopic (exact) mass is 501 g/mol. The highest BCUT2D eigenvalue weighted by molar-refractivity contribution is 6.06. The first-order valence-electron chi connectivity index (χ1n) is 13.4. The third-order valence-electron chi connectivity index (χ3n) is 7.60. The fraction of sp³-hybridized carbons (Fsp3) is 0.212. The van der Waals surface area contributed by atoms with Gasteiger partial charge in [-0.15, -0.1) is 0 Å². The molecule has 0 unspecified atom stereocenters. The van der Waals surface area contributed by atoms with Crippen LogP contribution in [0.2, 0.25) is 0 Å². The number of anilines is 2. The van der Waals surface area contributed by atoms with Gasteiger partial charge < -0.3 is 15.1 Å². The van der Waals surface area contributed by atoms with Gasteiger partial charge in [-0.25, -0.2) is 0 Å². The number of hydrogen-bond donors (Lipinski definition) is 1. The minimum Gasteiger partial charge on any atom is -0.366 e. The van der Waals surface area contributed by atoms with Crippen LogP contribution >= 0.6 is 0 Å². The first-order valence-corrected chi connectivity index (χ1v) is 13.4. The zero-order valence-corrected chi connectivity index (χ0v) is 21.4. The molecule has 4 aromatic rings. The van der Waals surface area contributed by atoms with E-state index in [2.05, 4.69) is 46.6 Å². The smallest absolute Gasteiger partial charge is 0.256 e. The van der Waals surface area contributed by atoms with Gasteiger partial charge in [0, 0.05) is 43.1 Å². The average Bonchev–Trinajstić information content (AvgIpc) is 3.52. The lowest BCUT2D eigenvalue weighted by atomic mass is 9.98. The number of benzene rings is 4. The molecular formula is C33H31N3O2. The molecule has 0 atom stereocenters. The van der Waals surface area contributed by atoms with E-state index in [1.165, 1.54) is 11.1 Å². The summed E-state index contributed by atoms with van der Waals surface area (Å²) >= 11 is 0. The molecule has 2 aliphatic rings. The van der Waals surface area contributed by atoms with Gasteiger partial charge in [0.1, 0.15) is 0 Å². The van der Waals surface area contributed by atoms with E-state index in [0.29, 0.717) is 16.8 Å². The fourth-order valence-electron chi connectivity index (χ4n) is 5.50. The summed E-state index contributed by atoms with van der Waals surface area (Å²) in [5.74, 6) is -0.150. The largest absolute Gasteiger partial charge is 0.366 e. The molecule has 5 nitrogen and oxygen atoms in total. The number of likely N-dealkylation sites (tertiary alicyclic amines) is 1. The SMILES string of the molecule is O=C(Nc1ccc(N2CCc3ccccc3C2)c(C(=O)N2CCCC2)c1)c1ccc(-c2ccccc2)cc1. The summed E-state index contributed by atoms with van der Waals surface area (Å²) in [7, 11) is 0. The topological polar surface area (TPSA) is 52.7 Å². The van der Waals surface area contributed by atoms with Crippen molar-refractivity contribution in [1.82, 2.24) is 4.90 Å². The van der Waals surface area contributed by atoms with Crippen LogP contribution in [0.4, 0.5) is 11.4 Å². The number of nitrogens with zero attached hydrogens (tertiary/aromatic N) is 2. The Hall–Kier alpha value is -4.38. The van der Waals surface area contributed by atoms with Crippen molar-refractivity contribution in [2.45, 2.75) is 25.8 Å². The highest BCUT2D eigenvalue weighted by Gasteiger charge is 2.26. The lowest BCUT2D eigenvalue weighted by Gasteiger charge is -2.33. The molecule has 1 saturated heterocycles. The Bertz CT molecular complexity index is 1460. The van der Waals surface area contributed by atoms with Crippen LogP contribution in [0.3, 0.4) is 0 Å². The Balaban J connectivity index is 1.25. The van der Waals surface area contributed by atoms with Gasteiger partial charge in [-0.1, -0.05) is 66.7 Å². The van der Waals surface area contributed by atoms with Crippen LogP contribution in [0.5, 0.6) is 0 Å². The molecule has 1 N–H and O–H groups in total. The Morgan fingerprint density at radius 1 is 0.684 bits per heavy atom. The number of amides is 2. The molecule has 38 heavy (non-hydrogen) atoms. The maximum atomic E-state index is 13.6. The first kappa shape index (κ1) is 24.0. The Labute approximate surface area is 223 Å². The van der Waals surface area contributed by atoms with Crippen LogP contribution in [0.15, 0.2) is 97.1 Å². The number of carbonyl (C=O) groups excluding carboxylic acids is 2. The summed E-state index contributed by atoms with van der Waals surface area (Å²) in [6.45, 7) is 3.20. The highest BCUT2D eigenvalue weighted by Crippen LogP contribution is 2.31. The van der Waals surface area contributed by atoms with Crippen molar-refractivity contribution >= 4 is 23.2 Å². The van der Waals surface area contributed by atoms with Crippen molar-refractivity contribution in [3.8, 4) is 11.1 Å². The zero-order valence-electron chi connectivity index (χ0n) is 21.4. The molecule has 0 saturated carbocycles. The summed E-state index contributed by atoms with van der Waals surface area (Å²) in [4.78, 5) is 31.0. The van der Waals surface area contributed by atoms with Gasteiger partial charge in [0.2, 0.25) is 0 Å². The molecule has 4 aromatic carbocycles. The molecule has 6 rings (SSSR count). The van der Waals surface area contributed by atoms with Gasteiger partial charge in [0.05, 0.1) is 5.56 Å². The second-order valence-electron chi connectivity index (χ2n) is 10.1. The average molecular weight is 502 g/mol. The van der Waals surface area contributed by atoms with E-state index in [9.17, 15) is 9.59 Å². The molecule has 2 amide bonds. The number of rotatable bonds is 5. The van der Waals surface area contributed by atoms with Crippen molar-refractivity contribution in [1.29, 1.82) is 0 Å². The fourth-order valence-corrected chi connectivity index (χ4v) is 5.50. The van der Waals surface area contributed by atoms with Crippen molar-refractivity contribution in [3.05, 3.63) is 119 Å². The van der Waals surface area contributed by atoms with E-state index in [1.54, 1.807) is 0 Å². The summed E-state index contributed by atoms with van der Waals surface area (Å²) < 4.78 is 0. The van der Waals surface area contributed by atoms with Crippen molar-refractivity contribution in [3.63, 3.8) is 0 Å². The quantitative estimate of drug-likeness (QED) is 0.344. The minimum absolute atomic E-state index is 0.0414. The summed E-state index contributed by atoms with van der Waals surface area (Å²) in [6, 6.07) is 32.0. The van der Waals surface area contributed by atoms with Crippen molar-refractivity contribution in [2.75, 3.05) is 29.9 Å². The molecule has 2 aliphatic heterocycles. The van der Waals surface area contributed by atoms with Crippen LogP contribution < -0.4 is 10.2 Å². The van der Waals surface area contributed by atoms with Gasteiger partial charge in [-0.05, 0) is 71.8 Å². The van der Waals surface area contributed by atoms with E-state index in [4.69, 9.17) is 0 Å². The van der Waals surface area contributed by atoms with E-state index >= 15 is 0 Å². The Morgan fingerprint density at radius 2 is 1.37 bits per heavy atom. The molecule has 0 aliphatic carbocycles. The standard InChI is InChI=1S/C33H31N3O2/c37-32(27-14-12-26(13-15-27)24-8-2-1-3-9-24)34-29-16-17-31(30(22-29)33(38)35-19-6-7-20-35)36-21-18-25-10-4-5-11-28(25)23-36/h1-5,8-17,22H,6-7,18-21,23H2,(H,34,37). The molecule has 1 fully saturated rings. The third-order valence-corrected chi connectivity index (χ3v) is 7.60. The number of nitrogens with one attached hydrogen (secondary N) is 1. The lowest BCUT2D eigenvalue weighted by Crippen LogP contribution is -2.34. The minimum atomic E-state index is -0.191. The summed E-state index contributed by atoms with van der Waals surface area (Å²) in [5, 5.41) is 3.02.